The first kappa shape index (κ1) is 17.6. The Balaban J connectivity index is 2.05. The number of benzene rings is 1. The van der Waals surface area contributed by atoms with E-state index in [2.05, 4.69) is 25.7 Å². The van der Waals surface area contributed by atoms with Gasteiger partial charge in [0.05, 0.1) is 7.11 Å². The first-order valence-corrected chi connectivity index (χ1v) is 7.97. The van der Waals surface area contributed by atoms with Gasteiger partial charge >= 0.3 is 0 Å². The Morgan fingerprint density at radius 1 is 1.23 bits per heavy atom. The molecule has 0 fully saturated rings. The smallest absolute Gasteiger partial charge is 0.274 e. The molecule has 8 nitrogen and oxygen atoms in total. The number of Topliss-reactive ketones (excluding diaryl/α,β-unsaturated/α-hetero) is 1. The van der Waals surface area contributed by atoms with Crippen molar-refractivity contribution in [2.24, 2.45) is 0 Å². The summed E-state index contributed by atoms with van der Waals surface area (Å²) in [6.45, 7) is 5.30. The van der Waals surface area contributed by atoms with Crippen molar-refractivity contribution in [3.05, 3.63) is 53.0 Å². The van der Waals surface area contributed by atoms with Crippen LogP contribution in [0.3, 0.4) is 0 Å². The topological polar surface area (TPSA) is 97.6 Å². The summed E-state index contributed by atoms with van der Waals surface area (Å²) in [7, 11) is 1.38. The van der Waals surface area contributed by atoms with Crippen molar-refractivity contribution in [3.63, 3.8) is 0 Å². The zero-order valence-corrected chi connectivity index (χ0v) is 15.0. The Bertz CT molecular complexity index is 1010. The fourth-order valence-electron chi connectivity index (χ4n) is 2.78. The van der Waals surface area contributed by atoms with Crippen LogP contribution in [0.4, 0.5) is 11.5 Å². The molecule has 26 heavy (non-hydrogen) atoms. The standard InChI is InChI=1S/C18H19N5O3/c1-10-5-6-13(18(25)22-26-4)7-15(10)21-17-16-11(2)14(12(3)24)8-23(16)20-9-19-17/h5-9H,1-4H3,(H,22,25)(H,19,20,21). The van der Waals surface area contributed by atoms with Crippen molar-refractivity contribution in [2.75, 3.05) is 12.4 Å². The highest BCUT2D eigenvalue weighted by Gasteiger charge is 2.16. The molecule has 2 heterocycles. The van der Waals surface area contributed by atoms with Gasteiger partial charge in [0.1, 0.15) is 11.8 Å². The van der Waals surface area contributed by atoms with Crippen LogP contribution in [0.5, 0.6) is 0 Å². The van der Waals surface area contributed by atoms with Gasteiger partial charge in [-0.2, -0.15) is 5.10 Å². The molecule has 134 valence electrons. The number of carbonyl (C=O) groups is 2. The van der Waals surface area contributed by atoms with Gasteiger partial charge in [0.25, 0.3) is 5.91 Å². The highest BCUT2D eigenvalue weighted by atomic mass is 16.6. The lowest BCUT2D eigenvalue weighted by atomic mass is 10.1. The van der Waals surface area contributed by atoms with Crippen molar-refractivity contribution in [1.29, 1.82) is 0 Å². The molecule has 0 unspecified atom stereocenters. The van der Waals surface area contributed by atoms with Gasteiger partial charge in [-0.15, -0.1) is 0 Å². The second kappa shape index (κ2) is 6.93. The summed E-state index contributed by atoms with van der Waals surface area (Å²) in [5.74, 6) is 0.173. The van der Waals surface area contributed by atoms with Gasteiger partial charge in [0.15, 0.2) is 11.6 Å². The fourth-order valence-corrected chi connectivity index (χ4v) is 2.78. The largest absolute Gasteiger partial charge is 0.338 e. The molecule has 0 atom stereocenters. The second-order valence-corrected chi connectivity index (χ2v) is 5.92. The molecule has 0 saturated heterocycles. The van der Waals surface area contributed by atoms with Crippen molar-refractivity contribution in [2.45, 2.75) is 20.8 Å². The van der Waals surface area contributed by atoms with Gasteiger partial charge in [-0.05, 0) is 44.0 Å². The lowest BCUT2D eigenvalue weighted by Gasteiger charge is -2.12. The van der Waals surface area contributed by atoms with Gasteiger partial charge in [0, 0.05) is 23.0 Å². The third-order valence-corrected chi connectivity index (χ3v) is 4.15. The Kier molecular flexibility index (Phi) is 4.68. The molecule has 0 saturated carbocycles. The first-order valence-electron chi connectivity index (χ1n) is 7.97. The molecule has 0 aliphatic rings. The summed E-state index contributed by atoms with van der Waals surface area (Å²) in [4.78, 5) is 32.8. The van der Waals surface area contributed by atoms with E-state index >= 15 is 0 Å². The molecule has 8 heteroatoms. The predicted molar refractivity (Wildman–Crippen MR) is 96.7 cm³/mol. The van der Waals surface area contributed by atoms with Crippen LogP contribution in [0, 0.1) is 13.8 Å². The van der Waals surface area contributed by atoms with Crippen molar-refractivity contribution >= 4 is 28.7 Å². The minimum atomic E-state index is -0.346. The van der Waals surface area contributed by atoms with Gasteiger partial charge < -0.3 is 5.32 Å². The van der Waals surface area contributed by atoms with E-state index in [4.69, 9.17) is 0 Å². The summed E-state index contributed by atoms with van der Waals surface area (Å²) in [6, 6.07) is 5.25. The SMILES string of the molecule is CONC(=O)c1ccc(C)c(Nc2ncnn3cc(C(C)=O)c(C)c23)c1. The number of rotatable bonds is 5. The fraction of sp³-hybridized carbons (Fsp3) is 0.222. The summed E-state index contributed by atoms with van der Waals surface area (Å²) in [6.07, 6.45) is 3.10. The lowest BCUT2D eigenvalue weighted by molar-refractivity contribution is 0.0537. The molecule has 0 spiro atoms. The van der Waals surface area contributed by atoms with E-state index < -0.39 is 0 Å². The zero-order chi connectivity index (χ0) is 18.8. The molecule has 0 radical (unpaired) electrons. The van der Waals surface area contributed by atoms with Crippen LogP contribution in [0.1, 0.15) is 38.8 Å². The van der Waals surface area contributed by atoms with Crippen LogP contribution in [-0.2, 0) is 4.84 Å². The second-order valence-electron chi connectivity index (χ2n) is 5.92. The van der Waals surface area contributed by atoms with Crippen LogP contribution >= 0.6 is 0 Å². The molecule has 3 aromatic rings. The Morgan fingerprint density at radius 2 is 2.00 bits per heavy atom. The molecule has 3 rings (SSSR count). The van der Waals surface area contributed by atoms with Crippen molar-refractivity contribution < 1.29 is 14.4 Å². The third kappa shape index (κ3) is 3.14. The molecule has 0 aliphatic heterocycles. The summed E-state index contributed by atoms with van der Waals surface area (Å²) in [5, 5.41) is 7.41. The number of fused-ring (bicyclic) bond motifs is 1. The van der Waals surface area contributed by atoms with Crippen molar-refractivity contribution in [3.8, 4) is 0 Å². The number of nitrogens with zero attached hydrogens (tertiary/aromatic N) is 3. The average Bonchev–Trinajstić information content (AvgIpc) is 2.95. The Morgan fingerprint density at radius 3 is 2.69 bits per heavy atom. The number of nitrogens with one attached hydrogen (secondary N) is 2. The molecule has 1 aromatic carbocycles. The maximum atomic E-state index is 12.0. The molecule has 1 amide bonds. The molecule has 2 N–H and O–H groups in total. The van der Waals surface area contributed by atoms with Crippen molar-refractivity contribution in [1.82, 2.24) is 20.1 Å². The van der Waals surface area contributed by atoms with Crippen LogP contribution in [0.2, 0.25) is 0 Å². The quantitative estimate of drug-likeness (QED) is 0.540. The number of aromatic nitrogens is 3. The van der Waals surface area contributed by atoms with Gasteiger partial charge in [-0.3, -0.25) is 14.4 Å². The number of hydroxylamine groups is 1. The number of amides is 1. The molecule has 2 aromatic heterocycles. The Hall–Kier alpha value is -3.26. The number of hydrogen-bond donors (Lipinski definition) is 2. The van der Waals surface area contributed by atoms with Crippen LogP contribution in [0.15, 0.2) is 30.7 Å². The van der Waals surface area contributed by atoms with E-state index in [0.717, 1.165) is 16.8 Å². The van der Waals surface area contributed by atoms with E-state index in [1.807, 2.05) is 19.9 Å². The molecule has 0 aliphatic carbocycles. The van der Waals surface area contributed by atoms with E-state index in [0.29, 0.717) is 22.5 Å². The van der Waals surface area contributed by atoms with Gasteiger partial charge in [0.2, 0.25) is 0 Å². The number of ketones is 1. The highest BCUT2D eigenvalue weighted by molar-refractivity contribution is 5.99. The molecular weight excluding hydrogens is 334 g/mol. The minimum absolute atomic E-state index is 0.0339. The minimum Gasteiger partial charge on any atom is -0.338 e. The summed E-state index contributed by atoms with van der Waals surface area (Å²) < 4.78 is 1.62. The average molecular weight is 353 g/mol. The van der Waals surface area contributed by atoms with Crippen LogP contribution in [0.25, 0.3) is 5.52 Å². The predicted octanol–water partition coefficient (Wildman–Crippen LogP) is 2.58. The highest BCUT2D eigenvalue weighted by Crippen LogP contribution is 2.27. The van der Waals surface area contributed by atoms with E-state index in [1.54, 1.807) is 22.8 Å². The Labute approximate surface area is 150 Å². The number of anilines is 2. The maximum Gasteiger partial charge on any atom is 0.274 e. The van der Waals surface area contributed by atoms with E-state index in [-0.39, 0.29) is 11.7 Å². The molecule has 0 bridgehead atoms. The number of aryl methyl sites for hydroxylation is 2. The third-order valence-electron chi connectivity index (χ3n) is 4.15. The monoisotopic (exact) mass is 353 g/mol. The van der Waals surface area contributed by atoms with Crippen LogP contribution in [-0.4, -0.2) is 33.4 Å². The number of carbonyl (C=O) groups excluding carboxylic acids is 2. The van der Waals surface area contributed by atoms with Gasteiger partial charge in [-0.1, -0.05) is 6.07 Å². The van der Waals surface area contributed by atoms with Gasteiger partial charge in [-0.25, -0.2) is 15.0 Å². The first-order chi connectivity index (χ1) is 12.4. The molecular formula is C18H19N5O3. The van der Waals surface area contributed by atoms with Crippen LogP contribution < -0.4 is 10.8 Å². The lowest BCUT2D eigenvalue weighted by Crippen LogP contribution is -2.21. The normalized spacial score (nSPS) is 10.8. The van der Waals surface area contributed by atoms with E-state index in [9.17, 15) is 9.59 Å². The summed E-state index contributed by atoms with van der Waals surface area (Å²) >= 11 is 0. The zero-order valence-electron chi connectivity index (χ0n) is 15.0. The maximum absolute atomic E-state index is 12.0. The van der Waals surface area contributed by atoms with E-state index in [1.165, 1.54) is 20.4 Å². The number of hydrogen-bond acceptors (Lipinski definition) is 6. The summed E-state index contributed by atoms with van der Waals surface area (Å²) in [5.41, 5.74) is 6.50.